The van der Waals surface area contributed by atoms with Gasteiger partial charge in [-0.05, 0) is 74.6 Å². The number of piperidine rings is 1. The van der Waals surface area contributed by atoms with Gasteiger partial charge in [-0.1, -0.05) is 6.07 Å². The molecule has 2 fully saturated rings. The molecule has 31 heavy (non-hydrogen) atoms. The minimum absolute atomic E-state index is 0.0442. The maximum absolute atomic E-state index is 13.1. The fraction of sp³-hybridized carbons (Fsp3) is 0.440. The Labute approximate surface area is 183 Å². The van der Waals surface area contributed by atoms with E-state index in [1.807, 2.05) is 48.2 Å². The number of ether oxygens (including phenoxy) is 2. The van der Waals surface area contributed by atoms with Crippen molar-refractivity contribution in [1.82, 2.24) is 10.2 Å². The molecule has 0 radical (unpaired) electrons. The third-order valence-corrected chi connectivity index (χ3v) is 5.96. The molecule has 0 aromatic heterocycles. The van der Waals surface area contributed by atoms with Gasteiger partial charge in [-0.25, -0.2) is 0 Å². The zero-order valence-electron chi connectivity index (χ0n) is 18.2. The molecular weight excluding hydrogens is 392 g/mol. The summed E-state index contributed by atoms with van der Waals surface area (Å²) >= 11 is 0. The van der Waals surface area contributed by atoms with Crippen LogP contribution in [0.1, 0.15) is 52.0 Å². The molecule has 0 spiro atoms. The minimum atomic E-state index is -0.0442. The summed E-state index contributed by atoms with van der Waals surface area (Å²) in [5, 5.41) is 3.00. The molecule has 1 saturated carbocycles. The summed E-state index contributed by atoms with van der Waals surface area (Å²) in [7, 11) is 1.63. The van der Waals surface area contributed by atoms with Crippen LogP contribution in [-0.2, 0) is 0 Å². The zero-order valence-corrected chi connectivity index (χ0v) is 18.2. The van der Waals surface area contributed by atoms with Crippen molar-refractivity contribution < 1.29 is 19.1 Å². The van der Waals surface area contributed by atoms with Crippen molar-refractivity contribution in [2.45, 2.75) is 38.6 Å². The van der Waals surface area contributed by atoms with Crippen molar-refractivity contribution in [2.24, 2.45) is 5.92 Å². The van der Waals surface area contributed by atoms with Crippen LogP contribution in [0.4, 0.5) is 0 Å². The zero-order chi connectivity index (χ0) is 21.8. The molecule has 1 N–H and O–H groups in total. The molecule has 4 rings (SSSR count). The second-order valence-electron chi connectivity index (χ2n) is 8.53. The van der Waals surface area contributed by atoms with Gasteiger partial charge in [0, 0.05) is 36.2 Å². The average Bonchev–Trinajstić information content (AvgIpc) is 3.61. The molecule has 2 aromatic rings. The Morgan fingerprint density at radius 2 is 1.94 bits per heavy atom. The third-order valence-electron chi connectivity index (χ3n) is 5.96. The first kappa shape index (κ1) is 21.2. The predicted octanol–water partition coefficient (Wildman–Crippen LogP) is 3.83. The lowest BCUT2D eigenvalue weighted by Gasteiger charge is -2.33. The van der Waals surface area contributed by atoms with Gasteiger partial charge >= 0.3 is 0 Å². The van der Waals surface area contributed by atoms with E-state index in [1.165, 1.54) is 0 Å². The fourth-order valence-corrected chi connectivity index (χ4v) is 4.00. The van der Waals surface area contributed by atoms with Crippen LogP contribution in [0.2, 0.25) is 0 Å². The first-order chi connectivity index (χ1) is 15.0. The Morgan fingerprint density at radius 3 is 2.68 bits per heavy atom. The number of nitrogens with zero attached hydrogens (tertiary/aromatic N) is 1. The van der Waals surface area contributed by atoms with Crippen molar-refractivity contribution in [1.29, 1.82) is 0 Å². The highest BCUT2D eigenvalue weighted by Crippen LogP contribution is 2.24. The quantitative estimate of drug-likeness (QED) is 0.736. The molecule has 2 amide bonds. The monoisotopic (exact) mass is 422 g/mol. The third kappa shape index (κ3) is 5.37. The number of benzene rings is 2. The Balaban J connectivity index is 1.34. The summed E-state index contributed by atoms with van der Waals surface area (Å²) in [6.07, 6.45) is 4.11. The molecule has 1 heterocycles. The van der Waals surface area contributed by atoms with E-state index in [1.54, 1.807) is 13.2 Å². The van der Waals surface area contributed by atoms with Gasteiger partial charge in [-0.3, -0.25) is 9.59 Å². The van der Waals surface area contributed by atoms with Crippen molar-refractivity contribution in [3.8, 4) is 11.5 Å². The van der Waals surface area contributed by atoms with E-state index in [9.17, 15) is 9.59 Å². The Bertz CT molecular complexity index is 954. The molecule has 6 heteroatoms. The van der Waals surface area contributed by atoms with E-state index in [2.05, 4.69) is 5.32 Å². The lowest BCUT2D eigenvalue weighted by molar-refractivity contribution is 0.0632. The maximum Gasteiger partial charge on any atom is 0.254 e. The summed E-state index contributed by atoms with van der Waals surface area (Å²) < 4.78 is 11.3. The number of rotatable bonds is 7. The van der Waals surface area contributed by atoms with Gasteiger partial charge in [0.1, 0.15) is 11.5 Å². The smallest absolute Gasteiger partial charge is 0.254 e. The van der Waals surface area contributed by atoms with Crippen molar-refractivity contribution >= 4 is 11.8 Å². The first-order valence-corrected chi connectivity index (χ1v) is 11.0. The van der Waals surface area contributed by atoms with Gasteiger partial charge in [-0.2, -0.15) is 0 Å². The second kappa shape index (κ2) is 9.41. The number of amides is 2. The highest BCUT2D eigenvalue weighted by molar-refractivity contribution is 5.96. The van der Waals surface area contributed by atoms with Gasteiger partial charge in [0.15, 0.2) is 0 Å². The largest absolute Gasteiger partial charge is 0.497 e. The van der Waals surface area contributed by atoms with E-state index >= 15 is 0 Å². The first-order valence-electron chi connectivity index (χ1n) is 11.0. The van der Waals surface area contributed by atoms with Crippen molar-refractivity contribution in [3.05, 3.63) is 59.2 Å². The topological polar surface area (TPSA) is 67.9 Å². The van der Waals surface area contributed by atoms with Crippen LogP contribution in [0, 0.1) is 12.8 Å². The van der Waals surface area contributed by atoms with Gasteiger partial charge in [0.25, 0.3) is 11.8 Å². The van der Waals surface area contributed by atoms with Gasteiger partial charge in [-0.15, -0.1) is 0 Å². The van der Waals surface area contributed by atoms with Crippen molar-refractivity contribution in [3.63, 3.8) is 0 Å². The SMILES string of the molecule is COc1ccc(C(=O)N2CCCC(COc3cccc(C(=O)NC4CC4)c3)C2)c(C)c1. The lowest BCUT2D eigenvalue weighted by Crippen LogP contribution is -2.41. The molecule has 164 valence electrons. The van der Waals surface area contributed by atoms with Crippen LogP contribution in [0.25, 0.3) is 0 Å². The Hall–Kier alpha value is -3.02. The van der Waals surface area contributed by atoms with Crippen molar-refractivity contribution in [2.75, 3.05) is 26.8 Å². The van der Waals surface area contributed by atoms with E-state index in [-0.39, 0.29) is 17.7 Å². The van der Waals surface area contributed by atoms with E-state index in [0.717, 1.165) is 49.1 Å². The molecular formula is C25H30N2O4. The molecule has 1 saturated heterocycles. The second-order valence-corrected chi connectivity index (χ2v) is 8.53. The van der Waals surface area contributed by atoms with E-state index in [0.29, 0.717) is 30.5 Å². The molecule has 2 aromatic carbocycles. The number of carbonyl (C=O) groups excluding carboxylic acids is 2. The molecule has 1 aliphatic carbocycles. The summed E-state index contributed by atoms with van der Waals surface area (Å²) in [6.45, 7) is 3.90. The summed E-state index contributed by atoms with van der Waals surface area (Å²) in [4.78, 5) is 27.2. The molecule has 0 bridgehead atoms. The standard InChI is InChI=1S/C25H30N2O4/c1-17-13-21(30-2)10-11-23(17)25(29)27-12-4-5-18(15-27)16-31-22-7-3-6-19(14-22)24(28)26-20-8-9-20/h3,6-7,10-11,13-14,18,20H,4-5,8-9,12,15-16H2,1-2H3,(H,26,28). The highest BCUT2D eigenvalue weighted by atomic mass is 16.5. The van der Waals surface area contributed by atoms with Crippen LogP contribution >= 0.6 is 0 Å². The number of likely N-dealkylation sites (tertiary alicyclic amines) is 1. The van der Waals surface area contributed by atoms with Crippen LogP contribution in [0.15, 0.2) is 42.5 Å². The number of methoxy groups -OCH3 is 1. The summed E-state index contributed by atoms with van der Waals surface area (Å²) in [5.41, 5.74) is 2.26. The Kier molecular flexibility index (Phi) is 6.44. The lowest BCUT2D eigenvalue weighted by atomic mass is 9.97. The molecule has 2 aliphatic rings. The molecule has 1 unspecified atom stereocenters. The van der Waals surface area contributed by atoms with Crippen LogP contribution in [0.3, 0.4) is 0 Å². The summed E-state index contributed by atoms with van der Waals surface area (Å²) in [5.74, 6) is 1.73. The fourth-order valence-electron chi connectivity index (χ4n) is 4.00. The van der Waals surface area contributed by atoms with E-state index < -0.39 is 0 Å². The van der Waals surface area contributed by atoms with Crippen LogP contribution in [-0.4, -0.2) is 49.6 Å². The number of nitrogens with one attached hydrogen (secondary N) is 1. The highest BCUT2D eigenvalue weighted by Gasteiger charge is 2.26. The van der Waals surface area contributed by atoms with Crippen LogP contribution < -0.4 is 14.8 Å². The minimum Gasteiger partial charge on any atom is -0.497 e. The van der Waals surface area contributed by atoms with Gasteiger partial charge in [0.2, 0.25) is 0 Å². The Morgan fingerprint density at radius 1 is 1.10 bits per heavy atom. The number of carbonyl (C=O) groups is 2. The predicted molar refractivity (Wildman–Crippen MR) is 119 cm³/mol. The van der Waals surface area contributed by atoms with Crippen LogP contribution in [0.5, 0.6) is 11.5 Å². The number of aryl methyl sites for hydroxylation is 1. The van der Waals surface area contributed by atoms with Gasteiger partial charge in [0.05, 0.1) is 13.7 Å². The molecule has 1 aliphatic heterocycles. The summed E-state index contributed by atoms with van der Waals surface area (Å²) in [6, 6.07) is 13.2. The molecule has 6 nitrogen and oxygen atoms in total. The normalized spacial score (nSPS) is 18.4. The number of hydrogen-bond donors (Lipinski definition) is 1. The van der Waals surface area contributed by atoms with Gasteiger partial charge < -0.3 is 19.7 Å². The van der Waals surface area contributed by atoms with E-state index in [4.69, 9.17) is 9.47 Å². The molecule has 1 atom stereocenters. The maximum atomic E-state index is 13.1. The number of hydrogen-bond acceptors (Lipinski definition) is 4. The average molecular weight is 423 g/mol.